The molecule has 1 aromatic rings. The first-order valence-corrected chi connectivity index (χ1v) is 7.55. The summed E-state index contributed by atoms with van der Waals surface area (Å²) < 4.78 is 5.46. The van der Waals surface area contributed by atoms with Crippen LogP contribution in [0.4, 0.5) is 5.69 Å². The highest BCUT2D eigenvalue weighted by atomic mass is 16.5. The van der Waals surface area contributed by atoms with Crippen molar-refractivity contribution < 1.29 is 14.3 Å². The second-order valence-corrected chi connectivity index (χ2v) is 5.43. The maximum absolute atomic E-state index is 12.1. The molecule has 0 unspecified atom stereocenters. The van der Waals surface area contributed by atoms with Crippen molar-refractivity contribution in [2.75, 3.05) is 25.0 Å². The molecule has 1 heterocycles. The number of rotatable bonds is 5. The summed E-state index contributed by atoms with van der Waals surface area (Å²) >= 11 is 0. The lowest BCUT2D eigenvalue weighted by Crippen LogP contribution is -2.55. The summed E-state index contributed by atoms with van der Waals surface area (Å²) in [4.78, 5) is 23.0. The van der Waals surface area contributed by atoms with Gasteiger partial charge in [0.2, 0.25) is 11.8 Å². The molecule has 0 bridgehead atoms. The lowest BCUT2D eigenvalue weighted by molar-refractivity contribution is -0.128. The number of hydrogen-bond acceptors (Lipinski definition) is 4. The number of nitrogens with one attached hydrogen (secondary N) is 3. The van der Waals surface area contributed by atoms with Crippen LogP contribution in [0.3, 0.4) is 0 Å². The summed E-state index contributed by atoms with van der Waals surface area (Å²) in [6, 6.07) is 7.33. The van der Waals surface area contributed by atoms with Gasteiger partial charge in [-0.05, 0) is 31.0 Å². The molecule has 1 fully saturated rings. The molecular weight excluding hydrogens is 282 g/mol. The van der Waals surface area contributed by atoms with Crippen LogP contribution in [-0.4, -0.2) is 43.7 Å². The Labute approximate surface area is 130 Å². The van der Waals surface area contributed by atoms with Gasteiger partial charge in [-0.25, -0.2) is 0 Å². The monoisotopic (exact) mass is 305 g/mol. The molecule has 0 radical (unpaired) electrons. The van der Waals surface area contributed by atoms with E-state index in [9.17, 15) is 9.59 Å². The van der Waals surface area contributed by atoms with Crippen LogP contribution < -0.4 is 16.0 Å². The molecule has 2 atom stereocenters. The van der Waals surface area contributed by atoms with Crippen LogP contribution in [0.15, 0.2) is 24.3 Å². The Morgan fingerprint density at radius 1 is 1.32 bits per heavy atom. The third-order valence-electron chi connectivity index (χ3n) is 3.59. The minimum atomic E-state index is -0.282. The Kier molecular flexibility index (Phi) is 5.91. The number of ether oxygens (including phenoxy) is 1. The molecule has 6 heteroatoms. The third-order valence-corrected chi connectivity index (χ3v) is 3.59. The Balaban J connectivity index is 1.76. The molecule has 0 saturated carbocycles. The van der Waals surface area contributed by atoms with E-state index >= 15 is 0 Å². The first-order valence-electron chi connectivity index (χ1n) is 7.55. The molecule has 1 aromatic carbocycles. The fraction of sp³-hybridized carbons (Fsp3) is 0.500. The molecular formula is C16H23N3O3. The Bertz CT molecular complexity index is 516. The molecule has 120 valence electrons. The first kappa shape index (κ1) is 16.5. The molecule has 0 aromatic heterocycles. The quantitative estimate of drug-likeness (QED) is 0.747. The van der Waals surface area contributed by atoms with E-state index in [1.165, 1.54) is 6.92 Å². The maximum atomic E-state index is 12.1. The predicted octanol–water partition coefficient (Wildman–Crippen LogP) is 0.681. The molecule has 1 aliphatic heterocycles. The van der Waals surface area contributed by atoms with E-state index < -0.39 is 0 Å². The van der Waals surface area contributed by atoms with E-state index in [0.717, 1.165) is 17.7 Å². The zero-order valence-electron chi connectivity index (χ0n) is 13.0. The van der Waals surface area contributed by atoms with Crippen molar-refractivity contribution in [3.63, 3.8) is 0 Å². The van der Waals surface area contributed by atoms with Crippen molar-refractivity contribution in [2.24, 2.45) is 0 Å². The highest BCUT2D eigenvalue weighted by molar-refractivity contribution is 5.88. The first-order chi connectivity index (χ1) is 10.6. The van der Waals surface area contributed by atoms with Crippen LogP contribution in [0.1, 0.15) is 19.4 Å². The van der Waals surface area contributed by atoms with Gasteiger partial charge in [0.15, 0.2) is 0 Å². The van der Waals surface area contributed by atoms with E-state index in [0.29, 0.717) is 19.7 Å². The molecule has 2 rings (SSSR count). The molecule has 3 N–H and O–H groups in total. The van der Waals surface area contributed by atoms with E-state index in [4.69, 9.17) is 4.74 Å². The summed E-state index contributed by atoms with van der Waals surface area (Å²) in [6.45, 7) is 5.30. The van der Waals surface area contributed by atoms with Crippen LogP contribution >= 0.6 is 0 Å². The van der Waals surface area contributed by atoms with Gasteiger partial charge in [-0.3, -0.25) is 9.59 Å². The van der Waals surface area contributed by atoms with Crippen LogP contribution in [0.2, 0.25) is 0 Å². The van der Waals surface area contributed by atoms with Crippen molar-refractivity contribution >= 4 is 17.5 Å². The SMILES string of the molecule is CC(=O)Nc1ccc(CCNC(=O)[C@H]2NCCO[C@@H]2C)cc1. The molecule has 22 heavy (non-hydrogen) atoms. The summed E-state index contributed by atoms with van der Waals surface area (Å²) in [7, 11) is 0. The van der Waals surface area contributed by atoms with Crippen LogP contribution in [0.5, 0.6) is 0 Å². The van der Waals surface area contributed by atoms with E-state index in [1.54, 1.807) is 0 Å². The predicted molar refractivity (Wildman–Crippen MR) is 84.7 cm³/mol. The van der Waals surface area contributed by atoms with Gasteiger partial charge in [0, 0.05) is 25.7 Å². The maximum Gasteiger partial charge on any atom is 0.239 e. The van der Waals surface area contributed by atoms with Gasteiger partial charge in [0.25, 0.3) is 0 Å². The summed E-state index contributed by atoms with van der Waals surface area (Å²) in [6.07, 6.45) is 0.638. The molecule has 6 nitrogen and oxygen atoms in total. The molecule has 2 amide bonds. The topological polar surface area (TPSA) is 79.5 Å². The zero-order valence-corrected chi connectivity index (χ0v) is 13.0. The lowest BCUT2D eigenvalue weighted by Gasteiger charge is -2.29. The average Bonchev–Trinajstić information content (AvgIpc) is 2.49. The van der Waals surface area contributed by atoms with Crippen LogP contribution in [-0.2, 0) is 20.7 Å². The number of carbonyl (C=O) groups excluding carboxylic acids is 2. The Morgan fingerprint density at radius 3 is 2.68 bits per heavy atom. The van der Waals surface area contributed by atoms with Gasteiger partial charge in [0.1, 0.15) is 6.04 Å². The molecule has 1 saturated heterocycles. The second-order valence-electron chi connectivity index (χ2n) is 5.43. The number of anilines is 1. The lowest BCUT2D eigenvalue weighted by atomic mass is 10.1. The second kappa shape index (κ2) is 7.91. The van der Waals surface area contributed by atoms with Crippen molar-refractivity contribution in [1.82, 2.24) is 10.6 Å². The van der Waals surface area contributed by atoms with Crippen molar-refractivity contribution in [1.29, 1.82) is 0 Å². The van der Waals surface area contributed by atoms with Gasteiger partial charge in [-0.2, -0.15) is 0 Å². The largest absolute Gasteiger partial charge is 0.375 e. The number of benzene rings is 1. The molecule has 0 spiro atoms. The summed E-state index contributed by atoms with van der Waals surface area (Å²) in [5, 5.41) is 8.82. The minimum absolute atomic E-state index is 0.0259. The summed E-state index contributed by atoms with van der Waals surface area (Å²) in [5.41, 5.74) is 1.88. The summed E-state index contributed by atoms with van der Waals surface area (Å²) in [5.74, 6) is -0.113. The molecule has 0 aliphatic carbocycles. The van der Waals surface area contributed by atoms with Gasteiger partial charge >= 0.3 is 0 Å². The van der Waals surface area contributed by atoms with E-state index in [-0.39, 0.29) is 24.0 Å². The van der Waals surface area contributed by atoms with Crippen LogP contribution in [0, 0.1) is 0 Å². The van der Waals surface area contributed by atoms with E-state index in [1.807, 2.05) is 31.2 Å². The number of hydrogen-bond donors (Lipinski definition) is 3. The molecule has 1 aliphatic rings. The van der Waals surface area contributed by atoms with E-state index in [2.05, 4.69) is 16.0 Å². The fourth-order valence-electron chi connectivity index (χ4n) is 2.43. The van der Waals surface area contributed by atoms with Crippen molar-refractivity contribution in [2.45, 2.75) is 32.4 Å². The minimum Gasteiger partial charge on any atom is -0.375 e. The van der Waals surface area contributed by atoms with Gasteiger partial charge in [-0.15, -0.1) is 0 Å². The van der Waals surface area contributed by atoms with Crippen molar-refractivity contribution in [3.8, 4) is 0 Å². The zero-order chi connectivity index (χ0) is 15.9. The Morgan fingerprint density at radius 2 is 2.05 bits per heavy atom. The standard InChI is InChI=1S/C16H23N3O3/c1-11-15(17-9-10-22-11)16(21)18-8-7-13-3-5-14(6-4-13)19-12(2)20/h3-6,11,15,17H,7-10H2,1-2H3,(H,18,21)(H,19,20)/t11-,15+/m1/s1. The Hall–Kier alpha value is -1.92. The fourth-order valence-corrected chi connectivity index (χ4v) is 2.43. The van der Waals surface area contributed by atoms with Gasteiger partial charge < -0.3 is 20.7 Å². The normalized spacial score (nSPS) is 21.2. The number of amides is 2. The van der Waals surface area contributed by atoms with Crippen LogP contribution in [0.25, 0.3) is 0 Å². The number of morpholine rings is 1. The van der Waals surface area contributed by atoms with Gasteiger partial charge in [-0.1, -0.05) is 12.1 Å². The number of carbonyl (C=O) groups is 2. The smallest absolute Gasteiger partial charge is 0.239 e. The highest BCUT2D eigenvalue weighted by Crippen LogP contribution is 2.10. The third kappa shape index (κ3) is 4.82. The van der Waals surface area contributed by atoms with Gasteiger partial charge in [0.05, 0.1) is 12.7 Å². The highest BCUT2D eigenvalue weighted by Gasteiger charge is 2.27. The van der Waals surface area contributed by atoms with Crippen molar-refractivity contribution in [3.05, 3.63) is 29.8 Å². The average molecular weight is 305 g/mol.